The molecule has 0 unspecified atom stereocenters. The number of ether oxygens (including phenoxy) is 1. The summed E-state index contributed by atoms with van der Waals surface area (Å²) in [5.74, 6) is 1.06. The lowest BCUT2D eigenvalue weighted by Crippen LogP contribution is -2.27. The smallest absolute Gasteiger partial charge is 0.412 e. The van der Waals surface area contributed by atoms with Gasteiger partial charge in [0.25, 0.3) is 0 Å². The van der Waals surface area contributed by atoms with Crippen LogP contribution in [-0.4, -0.2) is 54.4 Å². The van der Waals surface area contributed by atoms with Crippen molar-refractivity contribution < 1.29 is 9.53 Å². The zero-order chi connectivity index (χ0) is 28.1. The number of fused-ring (bicyclic) bond motifs is 1. The third-order valence-electron chi connectivity index (χ3n) is 6.57. The fourth-order valence-electron chi connectivity index (χ4n) is 4.71. The number of H-pyrrole nitrogens is 1. The Balaban J connectivity index is 1.24. The molecule has 0 radical (unpaired) electrons. The standard InChI is InChI=1S/C28H34ClN9O2/c1-28(2,3)40-27(39)35-22-17(8-7-11-20(22)29)12-14-30-25-31-15-13-21(34-25)23-19-16-32-26(36-24(19)38-37-23)33-18-9-5-4-6-10-18/h7-8,11,13,15-16,18H,4-6,9-10,12,14H2,1-3H3,(H,35,39)(H,30,31,34)(H2,32,33,36,37,38). The molecule has 0 spiro atoms. The lowest BCUT2D eigenvalue weighted by atomic mass is 9.96. The molecule has 0 bridgehead atoms. The van der Waals surface area contributed by atoms with Crippen molar-refractivity contribution in [3.05, 3.63) is 47.2 Å². The normalized spacial score (nSPS) is 14.2. The van der Waals surface area contributed by atoms with Gasteiger partial charge in [0, 0.05) is 25.0 Å². The number of halogens is 1. The molecule has 4 N–H and O–H groups in total. The molecule has 3 heterocycles. The fourth-order valence-corrected chi connectivity index (χ4v) is 4.95. The molecule has 1 aliphatic rings. The first-order valence-corrected chi connectivity index (χ1v) is 14.0. The van der Waals surface area contributed by atoms with Crippen molar-refractivity contribution in [1.29, 1.82) is 0 Å². The highest BCUT2D eigenvalue weighted by molar-refractivity contribution is 6.33. The summed E-state index contributed by atoms with van der Waals surface area (Å²) in [6.45, 7) is 5.94. The first-order chi connectivity index (χ1) is 19.2. The van der Waals surface area contributed by atoms with Crippen LogP contribution in [0.25, 0.3) is 22.4 Å². The van der Waals surface area contributed by atoms with E-state index < -0.39 is 11.7 Å². The Morgan fingerprint density at radius 1 is 1.10 bits per heavy atom. The highest BCUT2D eigenvalue weighted by Gasteiger charge is 2.19. The second-order valence-electron chi connectivity index (χ2n) is 10.9. The number of anilines is 3. The third kappa shape index (κ3) is 6.95. The molecule has 1 fully saturated rings. The number of nitrogens with one attached hydrogen (secondary N) is 4. The van der Waals surface area contributed by atoms with E-state index in [0.717, 1.165) is 29.5 Å². The van der Waals surface area contributed by atoms with Crippen LogP contribution >= 0.6 is 11.6 Å². The number of carbonyl (C=O) groups is 1. The average molecular weight is 564 g/mol. The SMILES string of the molecule is CC(C)(C)OC(=O)Nc1c(Cl)cccc1CCNc1nccc(-c2[nH]nc3nc(NC4CCCCC4)ncc23)n1. The van der Waals surface area contributed by atoms with Crippen molar-refractivity contribution in [1.82, 2.24) is 30.1 Å². The van der Waals surface area contributed by atoms with Gasteiger partial charge in [-0.15, -0.1) is 0 Å². The third-order valence-corrected chi connectivity index (χ3v) is 6.88. The van der Waals surface area contributed by atoms with E-state index in [1.54, 1.807) is 18.5 Å². The maximum Gasteiger partial charge on any atom is 0.412 e. The first kappa shape index (κ1) is 27.6. The molecule has 210 valence electrons. The Hall–Kier alpha value is -3.99. The predicted octanol–water partition coefficient (Wildman–Crippen LogP) is 6.21. The van der Waals surface area contributed by atoms with E-state index in [2.05, 4.69) is 46.1 Å². The zero-order valence-corrected chi connectivity index (χ0v) is 23.7. The first-order valence-electron chi connectivity index (χ1n) is 13.6. The maximum absolute atomic E-state index is 12.3. The number of benzene rings is 1. The van der Waals surface area contributed by atoms with Crippen LogP contribution in [-0.2, 0) is 11.2 Å². The summed E-state index contributed by atoms with van der Waals surface area (Å²) in [4.78, 5) is 30.5. The van der Waals surface area contributed by atoms with Crippen LogP contribution in [0, 0.1) is 0 Å². The summed E-state index contributed by atoms with van der Waals surface area (Å²) in [6, 6.07) is 7.70. The summed E-state index contributed by atoms with van der Waals surface area (Å²) in [7, 11) is 0. The van der Waals surface area contributed by atoms with Crippen molar-refractivity contribution in [3.63, 3.8) is 0 Å². The lowest BCUT2D eigenvalue weighted by Gasteiger charge is -2.22. The second kappa shape index (κ2) is 12.0. The van der Waals surface area contributed by atoms with Crippen LogP contribution < -0.4 is 16.0 Å². The molecule has 3 aromatic heterocycles. The quantitative estimate of drug-likeness (QED) is 0.197. The van der Waals surface area contributed by atoms with Gasteiger partial charge in [-0.3, -0.25) is 10.4 Å². The Morgan fingerprint density at radius 2 is 1.93 bits per heavy atom. The van der Waals surface area contributed by atoms with Crippen molar-refractivity contribution >= 4 is 46.3 Å². The van der Waals surface area contributed by atoms with Gasteiger partial charge in [-0.2, -0.15) is 10.1 Å². The van der Waals surface area contributed by atoms with Crippen LogP contribution in [0.5, 0.6) is 0 Å². The number of amides is 1. The van der Waals surface area contributed by atoms with Gasteiger partial charge >= 0.3 is 6.09 Å². The number of aromatic nitrogens is 6. The van der Waals surface area contributed by atoms with Gasteiger partial charge in [-0.05, 0) is 57.7 Å². The summed E-state index contributed by atoms with van der Waals surface area (Å²) >= 11 is 6.39. The van der Waals surface area contributed by atoms with E-state index in [1.807, 2.05) is 39.0 Å². The molecule has 1 aliphatic carbocycles. The molecule has 0 saturated heterocycles. The van der Waals surface area contributed by atoms with Crippen LogP contribution in [0.4, 0.5) is 22.4 Å². The Labute approximate surface area is 237 Å². The number of carbonyl (C=O) groups excluding carboxylic acids is 1. The van der Waals surface area contributed by atoms with Crippen LogP contribution in [0.1, 0.15) is 58.4 Å². The topological polar surface area (TPSA) is 143 Å². The van der Waals surface area contributed by atoms with Gasteiger partial charge in [0.15, 0.2) is 5.65 Å². The molecule has 0 atom stereocenters. The van der Waals surface area contributed by atoms with E-state index in [9.17, 15) is 4.79 Å². The molecule has 1 aromatic carbocycles. The number of rotatable bonds is 8. The highest BCUT2D eigenvalue weighted by atomic mass is 35.5. The van der Waals surface area contributed by atoms with E-state index >= 15 is 0 Å². The van der Waals surface area contributed by atoms with Crippen molar-refractivity contribution in [2.24, 2.45) is 0 Å². The maximum atomic E-state index is 12.3. The van der Waals surface area contributed by atoms with Crippen molar-refractivity contribution in [3.8, 4) is 11.4 Å². The van der Waals surface area contributed by atoms with Gasteiger partial charge in [-0.25, -0.2) is 19.7 Å². The largest absolute Gasteiger partial charge is 0.444 e. The number of para-hydroxylation sites is 1. The summed E-state index contributed by atoms with van der Waals surface area (Å²) in [5, 5.41) is 18.1. The molecule has 40 heavy (non-hydrogen) atoms. The minimum absolute atomic E-state index is 0.413. The lowest BCUT2D eigenvalue weighted by molar-refractivity contribution is 0.0635. The monoisotopic (exact) mass is 563 g/mol. The molecule has 5 rings (SSSR count). The Morgan fingerprint density at radius 3 is 2.73 bits per heavy atom. The number of aromatic amines is 1. The highest BCUT2D eigenvalue weighted by Crippen LogP contribution is 2.28. The molecular weight excluding hydrogens is 530 g/mol. The van der Waals surface area contributed by atoms with Crippen molar-refractivity contribution in [2.45, 2.75) is 70.9 Å². The minimum atomic E-state index is -0.615. The number of nitrogens with zero attached hydrogens (tertiary/aromatic N) is 5. The average Bonchev–Trinajstić information content (AvgIpc) is 3.34. The summed E-state index contributed by atoms with van der Waals surface area (Å²) in [5.41, 5.74) is 2.75. The summed E-state index contributed by atoms with van der Waals surface area (Å²) in [6.07, 6.45) is 9.52. The Kier molecular flexibility index (Phi) is 8.29. The van der Waals surface area contributed by atoms with E-state index in [4.69, 9.17) is 16.3 Å². The Bertz CT molecular complexity index is 1480. The molecule has 1 saturated carbocycles. The molecule has 11 nitrogen and oxygen atoms in total. The van der Waals surface area contributed by atoms with E-state index in [0.29, 0.717) is 53.0 Å². The molecule has 4 aromatic rings. The molecule has 1 amide bonds. The van der Waals surface area contributed by atoms with Gasteiger partial charge < -0.3 is 15.4 Å². The molecular formula is C28H34ClN9O2. The van der Waals surface area contributed by atoms with E-state index in [-0.39, 0.29) is 0 Å². The predicted molar refractivity (Wildman–Crippen MR) is 157 cm³/mol. The van der Waals surface area contributed by atoms with Gasteiger partial charge in [0.1, 0.15) is 5.60 Å². The fraction of sp³-hybridized carbons (Fsp3) is 0.429. The van der Waals surface area contributed by atoms with Crippen LogP contribution in [0.3, 0.4) is 0 Å². The molecule has 12 heteroatoms. The second-order valence-corrected chi connectivity index (χ2v) is 11.3. The van der Waals surface area contributed by atoms with E-state index in [1.165, 1.54) is 19.3 Å². The van der Waals surface area contributed by atoms with Gasteiger partial charge in [-0.1, -0.05) is 43.0 Å². The zero-order valence-electron chi connectivity index (χ0n) is 22.9. The summed E-state index contributed by atoms with van der Waals surface area (Å²) < 4.78 is 5.38. The van der Waals surface area contributed by atoms with Crippen LogP contribution in [0.15, 0.2) is 36.7 Å². The van der Waals surface area contributed by atoms with Gasteiger partial charge in [0.2, 0.25) is 11.9 Å². The molecule has 0 aliphatic heterocycles. The number of hydrogen-bond donors (Lipinski definition) is 4. The minimum Gasteiger partial charge on any atom is -0.444 e. The van der Waals surface area contributed by atoms with Crippen LogP contribution in [0.2, 0.25) is 5.02 Å². The van der Waals surface area contributed by atoms with Gasteiger partial charge in [0.05, 0.1) is 27.5 Å². The number of hydrogen-bond acceptors (Lipinski definition) is 9. The van der Waals surface area contributed by atoms with Crippen molar-refractivity contribution in [2.75, 3.05) is 22.5 Å².